The molecular formula is C64H39N5OPd+2. The number of ether oxygens (including phenoxy) is 1. The van der Waals surface area contributed by atoms with E-state index in [2.05, 4.69) is 231 Å². The Labute approximate surface area is 423 Å². The smallest absolute Gasteiger partial charge is 0.509 e. The van der Waals surface area contributed by atoms with Crippen LogP contribution in [0, 0.1) is 12.1 Å². The van der Waals surface area contributed by atoms with Crippen LogP contribution in [0.15, 0.2) is 237 Å². The summed E-state index contributed by atoms with van der Waals surface area (Å²) >= 11 is 0. The zero-order chi connectivity index (χ0) is 46.1. The van der Waals surface area contributed by atoms with Crippen molar-refractivity contribution in [1.29, 1.82) is 0 Å². The summed E-state index contributed by atoms with van der Waals surface area (Å²) in [6.07, 6.45) is 1.83. The maximum Gasteiger partial charge on any atom is 2.00 e. The molecule has 334 valence electrons. The van der Waals surface area contributed by atoms with Crippen LogP contribution in [0.25, 0.3) is 88.1 Å². The topological polar surface area (TPSA) is 38.0 Å². The zero-order valence-electron chi connectivity index (χ0n) is 38.0. The first-order valence-electron chi connectivity index (χ1n) is 23.5. The second-order valence-corrected chi connectivity index (χ2v) is 17.5. The molecule has 6 nitrogen and oxygen atoms in total. The predicted octanol–water partition coefficient (Wildman–Crippen LogP) is 16.0. The molecule has 0 spiro atoms. The van der Waals surface area contributed by atoms with Crippen molar-refractivity contribution in [1.82, 2.24) is 23.3 Å². The van der Waals surface area contributed by atoms with Gasteiger partial charge in [0.1, 0.15) is 11.5 Å². The molecule has 0 aliphatic carbocycles. The van der Waals surface area contributed by atoms with Gasteiger partial charge in [-0.1, -0.05) is 150 Å². The minimum Gasteiger partial charge on any atom is -0.509 e. The Bertz CT molecular complexity index is 4190. The first-order valence-corrected chi connectivity index (χ1v) is 23.5. The van der Waals surface area contributed by atoms with Gasteiger partial charge in [-0.3, -0.25) is 0 Å². The summed E-state index contributed by atoms with van der Waals surface area (Å²) in [7, 11) is 0. The van der Waals surface area contributed by atoms with Crippen LogP contribution in [-0.4, -0.2) is 20.1 Å². The normalized spacial score (nSPS) is 12.1. The molecule has 0 bridgehead atoms. The maximum absolute atomic E-state index is 6.76. The summed E-state index contributed by atoms with van der Waals surface area (Å²) in [5.74, 6) is 1.92. The number of hydrogen-bond donors (Lipinski definition) is 0. The molecule has 0 unspecified atom stereocenters. The van der Waals surface area contributed by atoms with Crippen molar-refractivity contribution in [2.24, 2.45) is 0 Å². The van der Waals surface area contributed by atoms with Crippen LogP contribution in [0.2, 0.25) is 0 Å². The van der Waals surface area contributed by atoms with Crippen LogP contribution >= 0.6 is 0 Å². The van der Waals surface area contributed by atoms with Crippen LogP contribution in [-0.2, 0) is 20.4 Å². The number of nitrogens with zero attached hydrogens (tertiary/aromatic N) is 5. The molecule has 13 aromatic rings. The summed E-state index contributed by atoms with van der Waals surface area (Å²) in [5, 5.41) is 6.86. The third-order valence-electron chi connectivity index (χ3n) is 13.5. The van der Waals surface area contributed by atoms with Gasteiger partial charge < -0.3 is 13.9 Å². The molecule has 0 saturated carbocycles. The van der Waals surface area contributed by atoms with Gasteiger partial charge in [0.05, 0.1) is 27.5 Å². The van der Waals surface area contributed by atoms with E-state index >= 15 is 0 Å². The van der Waals surface area contributed by atoms with Gasteiger partial charge >= 0.3 is 32.1 Å². The Morgan fingerprint density at radius 3 is 1.79 bits per heavy atom. The van der Waals surface area contributed by atoms with Crippen LogP contribution in [0.5, 0.6) is 11.5 Å². The molecule has 0 amide bonds. The minimum absolute atomic E-state index is 0. The SMILES string of the molecule is C1=[N+](c2[c-]c(Oc3[c-]c4c(cc3)c3cc(-n5c6ccccc6c6ccccc65)ccc3n4-c3ccccn3)ccc2)c2ccc3ccccc3c2[N+]=1c1c(-c2ccccc2)cccc1-c1ccccc1.[Pd+2]. The number of hydrogen-bond acceptors (Lipinski definition) is 2. The maximum atomic E-state index is 6.76. The summed E-state index contributed by atoms with van der Waals surface area (Å²) in [6.45, 7) is 0. The van der Waals surface area contributed by atoms with Crippen LogP contribution in [0.3, 0.4) is 0 Å². The predicted molar refractivity (Wildman–Crippen MR) is 286 cm³/mol. The average Bonchev–Trinajstić information content (AvgIpc) is 4.09. The number of fused-ring (bicyclic) bond motifs is 9. The molecule has 14 rings (SSSR count). The van der Waals surface area contributed by atoms with Gasteiger partial charge in [-0.05, 0) is 93.2 Å². The Morgan fingerprint density at radius 1 is 0.437 bits per heavy atom. The Hall–Kier alpha value is -8.95. The molecule has 1 aliphatic heterocycles. The first kappa shape index (κ1) is 42.2. The molecule has 4 heterocycles. The van der Waals surface area contributed by atoms with Crippen molar-refractivity contribution in [3.8, 4) is 45.3 Å². The van der Waals surface area contributed by atoms with Crippen molar-refractivity contribution in [3.63, 3.8) is 0 Å². The quantitative estimate of drug-likeness (QED) is 0.0864. The van der Waals surface area contributed by atoms with E-state index in [-0.39, 0.29) is 20.4 Å². The van der Waals surface area contributed by atoms with Crippen LogP contribution in [0.4, 0.5) is 22.7 Å². The molecule has 71 heavy (non-hydrogen) atoms. The van der Waals surface area contributed by atoms with Crippen molar-refractivity contribution in [2.75, 3.05) is 0 Å². The monoisotopic (exact) mass is 999 g/mol. The molecule has 1 aliphatic rings. The first-order chi connectivity index (χ1) is 34.7. The van der Waals surface area contributed by atoms with E-state index in [1.54, 1.807) is 0 Å². The van der Waals surface area contributed by atoms with Crippen LogP contribution < -0.4 is 13.9 Å². The second-order valence-electron chi connectivity index (χ2n) is 17.5. The summed E-state index contributed by atoms with van der Waals surface area (Å²) < 4.78 is 15.6. The Balaban J connectivity index is 0.00000492. The molecule has 0 N–H and O–H groups in total. The van der Waals surface area contributed by atoms with Crippen LogP contribution in [0.1, 0.15) is 0 Å². The molecule has 0 fully saturated rings. The minimum atomic E-state index is 0. The summed E-state index contributed by atoms with van der Waals surface area (Å²) in [5.41, 5.74) is 13.6. The van der Waals surface area contributed by atoms with Gasteiger partial charge in [0.15, 0.2) is 0 Å². The molecule has 0 saturated heterocycles. The van der Waals surface area contributed by atoms with Gasteiger partial charge in [0, 0.05) is 45.7 Å². The van der Waals surface area contributed by atoms with E-state index in [1.165, 1.54) is 21.8 Å². The number of para-hydroxylation sites is 3. The summed E-state index contributed by atoms with van der Waals surface area (Å²) in [6, 6.07) is 92.0. The average molecular weight is 1000 g/mol. The molecule has 7 heteroatoms. The Kier molecular flexibility index (Phi) is 10.2. The molecule has 3 aromatic heterocycles. The molecule has 10 aromatic carbocycles. The third kappa shape index (κ3) is 6.95. The number of pyridine rings is 1. The van der Waals surface area contributed by atoms with E-state index < -0.39 is 0 Å². The third-order valence-corrected chi connectivity index (χ3v) is 13.5. The molecule has 0 radical (unpaired) electrons. The largest absolute Gasteiger partial charge is 2.00 e. The van der Waals surface area contributed by atoms with E-state index in [1.807, 2.05) is 42.6 Å². The fourth-order valence-electron chi connectivity index (χ4n) is 10.5. The van der Waals surface area contributed by atoms with E-state index in [9.17, 15) is 0 Å². The number of aromatic nitrogens is 3. The Morgan fingerprint density at radius 2 is 1.07 bits per heavy atom. The second kappa shape index (κ2) is 17.2. The molecular weight excluding hydrogens is 961 g/mol. The fourth-order valence-corrected chi connectivity index (χ4v) is 10.5. The van der Waals surface area contributed by atoms with Gasteiger partial charge in [-0.2, -0.15) is 12.1 Å². The van der Waals surface area contributed by atoms with Gasteiger partial charge in [-0.15, -0.1) is 23.6 Å². The van der Waals surface area contributed by atoms with E-state index in [0.29, 0.717) is 11.5 Å². The van der Waals surface area contributed by atoms with Gasteiger partial charge in [-0.25, -0.2) is 4.98 Å². The van der Waals surface area contributed by atoms with Crippen molar-refractivity contribution < 1.29 is 25.2 Å². The van der Waals surface area contributed by atoms with Crippen molar-refractivity contribution in [3.05, 3.63) is 249 Å². The number of rotatable bonds is 8. The van der Waals surface area contributed by atoms with Gasteiger partial charge in [0.2, 0.25) is 5.69 Å². The number of benzene rings is 10. The standard InChI is InChI=1S/C64H39N5O.Pd/c1-3-17-43(18-4-1)50-27-16-28-51(44-19-5-2-6-20-44)63(50)67-42-66(60-36-32-45-21-7-8-24-52(45)64(60)67)46-22-15-23-48(39-46)70-49-34-35-55-56-40-47(33-37-59(56)69(61(55)41-49)62-31-13-14-38-65-62)68-57-29-11-9-25-53(57)54-26-10-12-30-58(54)68;/h1-38,40H;/q;+2. The van der Waals surface area contributed by atoms with Gasteiger partial charge in [0.25, 0.3) is 5.69 Å². The van der Waals surface area contributed by atoms with Crippen molar-refractivity contribution >= 4 is 83.1 Å². The van der Waals surface area contributed by atoms with Crippen molar-refractivity contribution in [2.45, 2.75) is 0 Å². The zero-order valence-corrected chi connectivity index (χ0v) is 39.5. The summed E-state index contributed by atoms with van der Waals surface area (Å²) in [4.78, 5) is 4.83. The molecule has 0 atom stereocenters. The van der Waals surface area contributed by atoms with E-state index in [4.69, 9.17) is 9.72 Å². The fraction of sp³-hybridized carbons (Fsp3) is 0. The van der Waals surface area contributed by atoms with E-state index in [0.717, 1.165) is 89.1 Å².